The molecule has 1 fully saturated rings. The molecule has 4 atom stereocenters. The van der Waals surface area contributed by atoms with Gasteiger partial charge in [-0.15, -0.1) is 0 Å². The Hall–Kier alpha value is -1.68. The van der Waals surface area contributed by atoms with Gasteiger partial charge in [-0.25, -0.2) is 0 Å². The lowest BCUT2D eigenvalue weighted by Crippen LogP contribution is -2.45. The number of rotatable bonds is 6. The Morgan fingerprint density at radius 1 is 0.800 bits per heavy atom. The van der Waals surface area contributed by atoms with Gasteiger partial charge in [0.05, 0.1) is 12.2 Å². The van der Waals surface area contributed by atoms with E-state index in [9.17, 15) is 10.2 Å². The average molecular weight is 339 g/mol. The zero-order chi connectivity index (χ0) is 17.6. The van der Waals surface area contributed by atoms with Gasteiger partial charge in [0, 0.05) is 12.1 Å². The third kappa shape index (κ3) is 4.69. The third-order valence-electron chi connectivity index (χ3n) is 5.59. The Balaban J connectivity index is 1.60. The minimum absolute atomic E-state index is 0.358. The van der Waals surface area contributed by atoms with Crippen LogP contribution in [0, 0.1) is 0 Å². The first kappa shape index (κ1) is 18.1. The maximum Gasteiger partial charge on any atom is 0.0805 e. The average Bonchev–Trinajstić information content (AvgIpc) is 2.66. The number of hydrogen-bond donors (Lipinski definition) is 2. The summed E-state index contributed by atoms with van der Waals surface area (Å²) in [4.78, 5) is 2.38. The van der Waals surface area contributed by atoms with Gasteiger partial charge in [-0.3, -0.25) is 0 Å². The van der Waals surface area contributed by atoms with E-state index in [0.717, 1.165) is 43.2 Å². The Morgan fingerprint density at radius 3 is 1.60 bits per heavy atom. The molecule has 0 bridgehead atoms. The highest BCUT2D eigenvalue weighted by Gasteiger charge is 2.30. The first-order valence-corrected chi connectivity index (χ1v) is 9.33. The molecule has 1 heterocycles. The quantitative estimate of drug-likeness (QED) is 0.833. The molecule has 0 saturated carbocycles. The van der Waals surface area contributed by atoms with E-state index in [4.69, 9.17) is 0 Å². The van der Waals surface area contributed by atoms with Crippen molar-refractivity contribution in [1.29, 1.82) is 0 Å². The summed E-state index contributed by atoms with van der Waals surface area (Å²) < 4.78 is 0. The van der Waals surface area contributed by atoms with Crippen LogP contribution in [-0.2, 0) is 0 Å². The maximum atomic E-state index is 10.6. The summed E-state index contributed by atoms with van der Waals surface area (Å²) in [5.41, 5.74) is 1.98. The van der Waals surface area contributed by atoms with Gasteiger partial charge in [0.1, 0.15) is 0 Å². The second-order valence-electron chi connectivity index (χ2n) is 7.23. The van der Waals surface area contributed by atoms with Crippen molar-refractivity contribution in [1.82, 2.24) is 4.90 Å². The standard InChI is InChI=1S/C22H29NO2/c1-23-19(15-21(24)17-9-4-2-5-10-17)13-8-14-20(23)16-22(25)18-11-6-3-7-12-18/h2-7,9-12,19-22,24-25H,8,13-16H2,1H3/t19-,20+,21-,22+. The molecule has 1 aliphatic rings. The van der Waals surface area contributed by atoms with Gasteiger partial charge in [-0.05, 0) is 43.9 Å². The fourth-order valence-corrected chi connectivity index (χ4v) is 4.00. The molecule has 3 heteroatoms. The van der Waals surface area contributed by atoms with Gasteiger partial charge in [0.25, 0.3) is 0 Å². The van der Waals surface area contributed by atoms with Crippen molar-refractivity contribution in [2.45, 2.75) is 56.4 Å². The van der Waals surface area contributed by atoms with Gasteiger partial charge in [0.15, 0.2) is 0 Å². The molecule has 2 N–H and O–H groups in total. The lowest BCUT2D eigenvalue weighted by molar-refractivity contribution is 0.0350. The number of likely N-dealkylation sites (tertiary alicyclic amines) is 1. The van der Waals surface area contributed by atoms with Crippen molar-refractivity contribution in [3.8, 4) is 0 Å². The number of nitrogens with zero attached hydrogens (tertiary/aromatic N) is 1. The van der Waals surface area contributed by atoms with E-state index in [2.05, 4.69) is 11.9 Å². The topological polar surface area (TPSA) is 43.7 Å². The maximum absolute atomic E-state index is 10.6. The Labute approximate surface area is 150 Å². The molecule has 0 aliphatic carbocycles. The van der Waals surface area contributed by atoms with Crippen molar-refractivity contribution in [2.75, 3.05) is 7.05 Å². The van der Waals surface area contributed by atoms with Crippen LogP contribution in [0.25, 0.3) is 0 Å². The number of piperidine rings is 1. The number of benzene rings is 2. The Morgan fingerprint density at radius 2 is 1.20 bits per heavy atom. The lowest BCUT2D eigenvalue weighted by atomic mass is 9.88. The van der Waals surface area contributed by atoms with Crippen LogP contribution in [-0.4, -0.2) is 34.2 Å². The molecule has 3 nitrogen and oxygen atoms in total. The Bertz CT molecular complexity index is 575. The first-order valence-electron chi connectivity index (χ1n) is 9.33. The van der Waals surface area contributed by atoms with E-state index < -0.39 is 12.2 Å². The predicted molar refractivity (Wildman–Crippen MR) is 101 cm³/mol. The Kier molecular flexibility index (Phi) is 6.24. The van der Waals surface area contributed by atoms with Crippen LogP contribution in [0.2, 0.25) is 0 Å². The minimum Gasteiger partial charge on any atom is -0.388 e. The first-order chi connectivity index (χ1) is 12.1. The minimum atomic E-state index is -0.425. The molecule has 25 heavy (non-hydrogen) atoms. The van der Waals surface area contributed by atoms with E-state index in [-0.39, 0.29) is 0 Å². The second-order valence-corrected chi connectivity index (χ2v) is 7.23. The normalized spacial score (nSPS) is 24.0. The molecular formula is C22H29NO2. The van der Waals surface area contributed by atoms with E-state index in [1.54, 1.807) is 0 Å². The summed E-state index contributed by atoms with van der Waals surface area (Å²) in [6.07, 6.45) is 4.02. The number of aliphatic hydroxyl groups is 2. The van der Waals surface area contributed by atoms with Gasteiger partial charge in [0.2, 0.25) is 0 Å². The zero-order valence-electron chi connectivity index (χ0n) is 15.0. The van der Waals surface area contributed by atoms with E-state index in [1.807, 2.05) is 60.7 Å². The highest BCUT2D eigenvalue weighted by molar-refractivity contribution is 5.18. The van der Waals surface area contributed by atoms with E-state index in [0.29, 0.717) is 12.1 Å². The second kappa shape index (κ2) is 8.61. The molecule has 1 aliphatic heterocycles. The number of aliphatic hydroxyl groups excluding tert-OH is 2. The summed E-state index contributed by atoms with van der Waals surface area (Å²) in [7, 11) is 2.14. The molecule has 0 aromatic heterocycles. The summed E-state index contributed by atoms with van der Waals surface area (Å²) in [6, 6.07) is 20.5. The summed E-state index contributed by atoms with van der Waals surface area (Å²) in [6.45, 7) is 0. The summed E-state index contributed by atoms with van der Waals surface area (Å²) in [5.74, 6) is 0. The van der Waals surface area contributed by atoms with Crippen LogP contribution in [0.4, 0.5) is 0 Å². The van der Waals surface area contributed by atoms with Crippen LogP contribution in [0.1, 0.15) is 55.4 Å². The number of hydrogen-bond acceptors (Lipinski definition) is 3. The molecule has 1 saturated heterocycles. The van der Waals surface area contributed by atoms with Crippen molar-refractivity contribution in [2.24, 2.45) is 0 Å². The molecule has 0 spiro atoms. The molecule has 2 aromatic carbocycles. The fraction of sp³-hybridized carbons (Fsp3) is 0.455. The molecule has 0 amide bonds. The molecule has 134 valence electrons. The lowest BCUT2D eigenvalue weighted by Gasteiger charge is -2.41. The predicted octanol–water partition coefficient (Wildman–Crippen LogP) is 4.09. The van der Waals surface area contributed by atoms with Gasteiger partial charge < -0.3 is 15.1 Å². The van der Waals surface area contributed by atoms with Gasteiger partial charge in [-0.1, -0.05) is 67.1 Å². The van der Waals surface area contributed by atoms with Gasteiger partial charge >= 0.3 is 0 Å². The molecule has 0 radical (unpaired) electrons. The van der Waals surface area contributed by atoms with Crippen LogP contribution in [0.3, 0.4) is 0 Å². The fourth-order valence-electron chi connectivity index (χ4n) is 4.00. The van der Waals surface area contributed by atoms with Gasteiger partial charge in [-0.2, -0.15) is 0 Å². The third-order valence-corrected chi connectivity index (χ3v) is 5.59. The van der Waals surface area contributed by atoms with E-state index >= 15 is 0 Å². The summed E-state index contributed by atoms with van der Waals surface area (Å²) in [5, 5.41) is 21.1. The highest BCUT2D eigenvalue weighted by Crippen LogP contribution is 2.32. The molecular weight excluding hydrogens is 310 g/mol. The largest absolute Gasteiger partial charge is 0.388 e. The van der Waals surface area contributed by atoms with Crippen LogP contribution in [0.5, 0.6) is 0 Å². The van der Waals surface area contributed by atoms with Crippen molar-refractivity contribution >= 4 is 0 Å². The zero-order valence-corrected chi connectivity index (χ0v) is 15.0. The summed E-state index contributed by atoms with van der Waals surface area (Å²) >= 11 is 0. The van der Waals surface area contributed by atoms with Crippen molar-refractivity contribution in [3.63, 3.8) is 0 Å². The van der Waals surface area contributed by atoms with Crippen LogP contribution in [0.15, 0.2) is 60.7 Å². The van der Waals surface area contributed by atoms with Crippen LogP contribution >= 0.6 is 0 Å². The van der Waals surface area contributed by atoms with Crippen LogP contribution < -0.4 is 0 Å². The molecule has 0 unspecified atom stereocenters. The molecule has 2 aromatic rings. The SMILES string of the molecule is CN1[C@@H](C[C@@H](O)c2ccccc2)CCC[C@H]1C[C@H](O)c1ccccc1. The monoisotopic (exact) mass is 339 g/mol. The van der Waals surface area contributed by atoms with Crippen molar-refractivity contribution < 1.29 is 10.2 Å². The molecule has 3 rings (SSSR count). The van der Waals surface area contributed by atoms with E-state index in [1.165, 1.54) is 0 Å². The van der Waals surface area contributed by atoms with Crippen molar-refractivity contribution in [3.05, 3.63) is 71.8 Å². The highest BCUT2D eigenvalue weighted by atomic mass is 16.3. The smallest absolute Gasteiger partial charge is 0.0805 e.